The van der Waals surface area contributed by atoms with Crippen LogP contribution in [-0.4, -0.2) is 40.7 Å². The summed E-state index contributed by atoms with van der Waals surface area (Å²) in [7, 11) is 3.04. The molecule has 1 heterocycles. The van der Waals surface area contributed by atoms with Crippen LogP contribution in [0, 0.1) is 0 Å². The van der Waals surface area contributed by atoms with E-state index in [1.54, 1.807) is 12.1 Å². The van der Waals surface area contributed by atoms with Gasteiger partial charge in [-0.2, -0.15) is 0 Å². The summed E-state index contributed by atoms with van der Waals surface area (Å²) in [5, 5.41) is 9.59. The normalized spacial score (nSPS) is 10.4. The topological polar surface area (TPSA) is 79.6 Å². The van der Waals surface area contributed by atoms with E-state index in [9.17, 15) is 14.4 Å². The second kappa shape index (κ2) is 4.56. The molecule has 0 bridgehead atoms. The Labute approximate surface area is 108 Å². The Bertz CT molecular complexity index is 731. The molecule has 2 aromatic rings. The number of aromatic carboxylic acids is 1. The number of carboxylic acids is 1. The molecule has 0 aliphatic heterocycles. The molecular weight excluding hydrogens is 248 g/mol. The summed E-state index contributed by atoms with van der Waals surface area (Å²) in [6, 6.07) is 6.64. The van der Waals surface area contributed by atoms with E-state index in [1.165, 1.54) is 37.2 Å². The minimum Gasteiger partial charge on any atom is -0.478 e. The van der Waals surface area contributed by atoms with Gasteiger partial charge in [0, 0.05) is 20.2 Å². The van der Waals surface area contributed by atoms with Gasteiger partial charge in [0.1, 0.15) is 0 Å². The molecule has 0 fully saturated rings. The van der Waals surface area contributed by atoms with Gasteiger partial charge in [0.25, 0.3) is 5.56 Å². The zero-order valence-corrected chi connectivity index (χ0v) is 10.5. The molecule has 0 spiro atoms. The fourth-order valence-corrected chi connectivity index (χ4v) is 1.76. The lowest BCUT2D eigenvalue weighted by atomic mass is 10.1. The lowest BCUT2D eigenvalue weighted by Crippen LogP contribution is -2.35. The molecule has 1 aromatic carbocycles. The number of hydrogen-bond donors (Lipinski definition) is 1. The number of hydrogen-bond acceptors (Lipinski definition) is 3. The molecule has 0 unspecified atom stereocenters. The molecule has 1 amide bonds. The van der Waals surface area contributed by atoms with Gasteiger partial charge in [-0.1, -0.05) is 6.07 Å². The summed E-state index contributed by atoms with van der Waals surface area (Å²) < 4.78 is 0.960. The third kappa shape index (κ3) is 2.20. The number of fused-ring (bicyclic) bond motifs is 1. The number of benzene rings is 1. The van der Waals surface area contributed by atoms with E-state index in [1.807, 2.05) is 0 Å². The van der Waals surface area contributed by atoms with Crippen LogP contribution in [0.4, 0.5) is 4.79 Å². The summed E-state index contributed by atoms with van der Waals surface area (Å²) in [6.07, 6.45) is 0. The average Bonchev–Trinajstić information content (AvgIpc) is 2.37. The standard InChI is InChI=1S/C13H12N2O4/c1-14(2)13(19)15-10-7-9(12(17)18)4-3-8(10)5-6-11(15)16/h3-7H,1-2H3,(H,17,18). The van der Waals surface area contributed by atoms with Crippen molar-refractivity contribution in [1.29, 1.82) is 0 Å². The highest BCUT2D eigenvalue weighted by Crippen LogP contribution is 2.15. The first kappa shape index (κ1) is 12.8. The monoisotopic (exact) mass is 260 g/mol. The third-order valence-corrected chi connectivity index (χ3v) is 2.72. The Balaban J connectivity index is 2.83. The van der Waals surface area contributed by atoms with Crippen LogP contribution in [-0.2, 0) is 0 Å². The fourth-order valence-electron chi connectivity index (χ4n) is 1.76. The van der Waals surface area contributed by atoms with Crippen LogP contribution in [0.1, 0.15) is 10.4 Å². The minimum atomic E-state index is -1.11. The molecule has 0 aliphatic rings. The predicted molar refractivity (Wildman–Crippen MR) is 69.6 cm³/mol. The van der Waals surface area contributed by atoms with Crippen molar-refractivity contribution in [2.75, 3.05) is 14.1 Å². The molecule has 2 rings (SSSR count). The maximum absolute atomic E-state index is 12.0. The zero-order chi connectivity index (χ0) is 14.2. The van der Waals surface area contributed by atoms with Gasteiger partial charge in [-0.3, -0.25) is 4.79 Å². The van der Waals surface area contributed by atoms with Crippen molar-refractivity contribution >= 4 is 22.9 Å². The SMILES string of the molecule is CN(C)C(=O)n1c(=O)ccc2ccc(C(=O)O)cc21. The first-order valence-corrected chi connectivity index (χ1v) is 5.52. The predicted octanol–water partition coefficient (Wildman–Crippen LogP) is 1.23. The summed E-state index contributed by atoms with van der Waals surface area (Å²) in [5.41, 5.74) is -0.182. The van der Waals surface area contributed by atoms with Crippen molar-refractivity contribution in [2.45, 2.75) is 0 Å². The highest BCUT2D eigenvalue weighted by Gasteiger charge is 2.14. The summed E-state index contributed by atoms with van der Waals surface area (Å²) >= 11 is 0. The maximum Gasteiger partial charge on any atom is 0.335 e. The van der Waals surface area contributed by atoms with E-state index in [0.717, 1.165) is 4.57 Å². The molecule has 1 N–H and O–H groups in total. The zero-order valence-electron chi connectivity index (χ0n) is 10.5. The van der Waals surface area contributed by atoms with Gasteiger partial charge in [-0.25, -0.2) is 14.2 Å². The highest BCUT2D eigenvalue weighted by atomic mass is 16.4. The van der Waals surface area contributed by atoms with Crippen LogP contribution in [0.5, 0.6) is 0 Å². The van der Waals surface area contributed by atoms with Crippen LogP contribution < -0.4 is 5.56 Å². The van der Waals surface area contributed by atoms with Crippen molar-refractivity contribution in [3.05, 3.63) is 46.2 Å². The second-order valence-corrected chi connectivity index (χ2v) is 4.26. The van der Waals surface area contributed by atoms with Crippen LogP contribution in [0.2, 0.25) is 0 Å². The van der Waals surface area contributed by atoms with Gasteiger partial charge in [0.15, 0.2) is 0 Å². The summed E-state index contributed by atoms with van der Waals surface area (Å²) in [5.74, 6) is -1.11. The lowest BCUT2D eigenvalue weighted by Gasteiger charge is -2.14. The molecule has 98 valence electrons. The van der Waals surface area contributed by atoms with Crippen molar-refractivity contribution in [2.24, 2.45) is 0 Å². The molecule has 0 atom stereocenters. The lowest BCUT2D eigenvalue weighted by molar-refractivity contribution is 0.0697. The molecule has 0 aliphatic carbocycles. The number of pyridine rings is 1. The molecule has 19 heavy (non-hydrogen) atoms. The van der Waals surface area contributed by atoms with Crippen molar-refractivity contribution in [3.8, 4) is 0 Å². The van der Waals surface area contributed by atoms with E-state index >= 15 is 0 Å². The molecule has 0 saturated carbocycles. The average molecular weight is 260 g/mol. The van der Waals surface area contributed by atoms with Crippen LogP contribution in [0.25, 0.3) is 10.9 Å². The van der Waals surface area contributed by atoms with Crippen molar-refractivity contribution < 1.29 is 14.7 Å². The molecule has 0 radical (unpaired) electrons. The minimum absolute atomic E-state index is 0.0263. The Morgan fingerprint density at radius 3 is 2.37 bits per heavy atom. The Morgan fingerprint density at radius 2 is 1.79 bits per heavy atom. The van der Waals surface area contributed by atoms with Crippen LogP contribution >= 0.6 is 0 Å². The summed E-state index contributed by atoms with van der Waals surface area (Å²) in [4.78, 5) is 36.1. The van der Waals surface area contributed by atoms with Gasteiger partial charge in [0.2, 0.25) is 0 Å². The molecule has 6 nitrogen and oxygen atoms in total. The van der Waals surface area contributed by atoms with E-state index < -0.39 is 17.6 Å². The van der Waals surface area contributed by atoms with E-state index in [4.69, 9.17) is 5.11 Å². The quantitative estimate of drug-likeness (QED) is 0.836. The molecule has 1 aromatic heterocycles. The van der Waals surface area contributed by atoms with Crippen molar-refractivity contribution in [1.82, 2.24) is 9.47 Å². The van der Waals surface area contributed by atoms with Gasteiger partial charge in [0.05, 0.1) is 11.1 Å². The molecule has 0 saturated heterocycles. The van der Waals surface area contributed by atoms with E-state index in [0.29, 0.717) is 5.39 Å². The largest absolute Gasteiger partial charge is 0.478 e. The Morgan fingerprint density at radius 1 is 1.16 bits per heavy atom. The Kier molecular flexibility index (Phi) is 3.08. The van der Waals surface area contributed by atoms with Crippen LogP contribution in [0.15, 0.2) is 35.1 Å². The Hall–Kier alpha value is -2.63. The highest BCUT2D eigenvalue weighted by molar-refractivity contribution is 5.96. The number of nitrogens with zero attached hydrogens (tertiary/aromatic N) is 2. The second-order valence-electron chi connectivity index (χ2n) is 4.26. The van der Waals surface area contributed by atoms with Gasteiger partial charge in [-0.05, 0) is 23.6 Å². The fraction of sp³-hybridized carbons (Fsp3) is 0.154. The van der Waals surface area contributed by atoms with Gasteiger partial charge < -0.3 is 10.0 Å². The number of amides is 1. The van der Waals surface area contributed by atoms with E-state index in [-0.39, 0.29) is 11.1 Å². The molecular formula is C13H12N2O4. The van der Waals surface area contributed by atoms with Crippen LogP contribution in [0.3, 0.4) is 0 Å². The molecule has 6 heteroatoms. The smallest absolute Gasteiger partial charge is 0.335 e. The number of aromatic nitrogens is 1. The van der Waals surface area contributed by atoms with Crippen molar-refractivity contribution in [3.63, 3.8) is 0 Å². The number of rotatable bonds is 1. The third-order valence-electron chi connectivity index (χ3n) is 2.72. The first-order valence-electron chi connectivity index (χ1n) is 5.52. The van der Waals surface area contributed by atoms with Gasteiger partial charge >= 0.3 is 12.0 Å². The maximum atomic E-state index is 12.0. The number of carbonyl (C=O) groups excluding carboxylic acids is 1. The number of carbonyl (C=O) groups is 2. The summed E-state index contributed by atoms with van der Waals surface area (Å²) in [6.45, 7) is 0. The number of carboxylic acid groups (broad SMARTS) is 1. The van der Waals surface area contributed by atoms with Gasteiger partial charge in [-0.15, -0.1) is 0 Å². The first-order chi connectivity index (χ1) is 8.91. The van der Waals surface area contributed by atoms with E-state index in [2.05, 4.69) is 0 Å².